The van der Waals surface area contributed by atoms with Gasteiger partial charge in [0.05, 0.1) is 17.3 Å². The number of rotatable bonds is 3. The van der Waals surface area contributed by atoms with E-state index in [0.29, 0.717) is 6.54 Å². The highest BCUT2D eigenvalue weighted by atomic mass is 16.6. The fraction of sp³-hybridized carbons (Fsp3) is 0.360. The molecule has 5 nitrogen and oxygen atoms in total. The van der Waals surface area contributed by atoms with Gasteiger partial charge < -0.3 is 14.7 Å². The second kappa shape index (κ2) is 8.07. The number of amides is 1. The second-order valence-electron chi connectivity index (χ2n) is 8.81. The lowest BCUT2D eigenvalue weighted by atomic mass is 9.95. The standard InChI is InChI=1S/C25H28N2O3/c1-25(2,3)30-24(29)27-15-9-14-22(27)23(28)19-16-21(17-10-5-4-6-11-17)26-20-13-8-7-12-18(19)20/h4-8,10-13,16,22-23,28H,9,14-15H2,1-3H3. The number of likely N-dealkylation sites (tertiary alicyclic amines) is 1. The van der Waals surface area contributed by atoms with E-state index >= 15 is 0 Å². The first-order valence-electron chi connectivity index (χ1n) is 10.5. The van der Waals surface area contributed by atoms with Gasteiger partial charge in [0.1, 0.15) is 11.7 Å². The molecule has 2 aromatic carbocycles. The minimum absolute atomic E-state index is 0.325. The molecular weight excluding hydrogens is 376 g/mol. The van der Waals surface area contributed by atoms with Gasteiger partial charge in [-0.1, -0.05) is 48.5 Å². The number of carbonyl (C=O) groups is 1. The lowest BCUT2D eigenvalue weighted by Gasteiger charge is -2.31. The van der Waals surface area contributed by atoms with Gasteiger partial charge in [-0.25, -0.2) is 9.78 Å². The molecule has 1 N–H and O–H groups in total. The van der Waals surface area contributed by atoms with Crippen LogP contribution in [0.1, 0.15) is 45.3 Å². The zero-order valence-electron chi connectivity index (χ0n) is 17.7. The number of aliphatic hydroxyl groups excluding tert-OH is 1. The van der Waals surface area contributed by atoms with Crippen molar-refractivity contribution in [2.45, 2.75) is 51.4 Å². The van der Waals surface area contributed by atoms with Gasteiger partial charge in [-0.2, -0.15) is 0 Å². The molecule has 1 aliphatic rings. The van der Waals surface area contributed by atoms with Gasteiger partial charge in [0.25, 0.3) is 0 Å². The third-order valence-corrected chi connectivity index (χ3v) is 5.43. The largest absolute Gasteiger partial charge is 0.444 e. The van der Waals surface area contributed by atoms with E-state index in [1.807, 2.05) is 81.4 Å². The molecular formula is C25H28N2O3. The molecule has 1 amide bonds. The number of pyridine rings is 1. The Kier molecular flexibility index (Phi) is 5.48. The van der Waals surface area contributed by atoms with Crippen LogP contribution in [0, 0.1) is 0 Å². The maximum absolute atomic E-state index is 12.7. The van der Waals surface area contributed by atoms with Crippen molar-refractivity contribution in [3.63, 3.8) is 0 Å². The van der Waals surface area contributed by atoms with E-state index in [1.54, 1.807) is 4.90 Å². The summed E-state index contributed by atoms with van der Waals surface area (Å²) in [4.78, 5) is 19.2. The van der Waals surface area contributed by atoms with Crippen LogP contribution in [0.15, 0.2) is 60.7 Å². The van der Waals surface area contributed by atoms with Crippen LogP contribution in [0.2, 0.25) is 0 Å². The van der Waals surface area contributed by atoms with Gasteiger partial charge in [0.2, 0.25) is 0 Å². The highest BCUT2D eigenvalue weighted by Crippen LogP contribution is 2.35. The van der Waals surface area contributed by atoms with Crippen molar-refractivity contribution >= 4 is 17.0 Å². The molecule has 2 unspecified atom stereocenters. The molecule has 1 saturated heterocycles. The van der Waals surface area contributed by atoms with Crippen LogP contribution in [0.3, 0.4) is 0 Å². The molecule has 1 aliphatic heterocycles. The molecule has 2 atom stereocenters. The van der Waals surface area contributed by atoms with Gasteiger partial charge in [0.15, 0.2) is 0 Å². The van der Waals surface area contributed by atoms with Crippen LogP contribution in [0.4, 0.5) is 4.79 Å². The summed E-state index contributed by atoms with van der Waals surface area (Å²) >= 11 is 0. The number of aliphatic hydroxyl groups is 1. The number of hydrogen-bond acceptors (Lipinski definition) is 4. The molecule has 1 aromatic heterocycles. The predicted octanol–water partition coefficient (Wildman–Crippen LogP) is 5.33. The molecule has 30 heavy (non-hydrogen) atoms. The fourth-order valence-corrected chi connectivity index (χ4v) is 4.08. The first-order chi connectivity index (χ1) is 14.3. The van der Waals surface area contributed by atoms with Crippen LogP contribution in [-0.2, 0) is 4.74 Å². The topological polar surface area (TPSA) is 62.7 Å². The summed E-state index contributed by atoms with van der Waals surface area (Å²) in [5.74, 6) is 0. The van der Waals surface area contributed by atoms with E-state index in [2.05, 4.69) is 0 Å². The van der Waals surface area contributed by atoms with Crippen molar-refractivity contribution in [2.75, 3.05) is 6.54 Å². The van der Waals surface area contributed by atoms with Crippen LogP contribution in [-0.4, -0.2) is 39.3 Å². The summed E-state index contributed by atoms with van der Waals surface area (Å²) < 4.78 is 5.58. The first-order valence-corrected chi connectivity index (χ1v) is 10.5. The zero-order valence-corrected chi connectivity index (χ0v) is 17.7. The van der Waals surface area contributed by atoms with Crippen LogP contribution in [0.5, 0.6) is 0 Å². The predicted molar refractivity (Wildman–Crippen MR) is 118 cm³/mol. The Balaban J connectivity index is 1.73. The average molecular weight is 405 g/mol. The molecule has 0 aliphatic carbocycles. The molecule has 1 fully saturated rings. The smallest absolute Gasteiger partial charge is 0.410 e. The lowest BCUT2D eigenvalue weighted by Crippen LogP contribution is -2.42. The van der Waals surface area contributed by atoms with Gasteiger partial charge in [-0.05, 0) is 51.3 Å². The number of aromatic nitrogens is 1. The Labute approximate surface area is 177 Å². The van der Waals surface area contributed by atoms with E-state index in [9.17, 15) is 9.90 Å². The fourth-order valence-electron chi connectivity index (χ4n) is 4.08. The summed E-state index contributed by atoms with van der Waals surface area (Å²) in [7, 11) is 0. The highest BCUT2D eigenvalue weighted by Gasteiger charge is 2.37. The third kappa shape index (κ3) is 4.17. The molecule has 2 heterocycles. The van der Waals surface area contributed by atoms with E-state index in [1.165, 1.54) is 0 Å². The maximum atomic E-state index is 12.7. The summed E-state index contributed by atoms with van der Waals surface area (Å²) in [6.07, 6.45) is 0.383. The molecule has 5 heteroatoms. The number of ether oxygens (including phenoxy) is 1. The van der Waals surface area contributed by atoms with Crippen molar-refractivity contribution in [3.8, 4) is 11.3 Å². The van der Waals surface area contributed by atoms with Crippen molar-refractivity contribution < 1.29 is 14.6 Å². The number of nitrogens with zero attached hydrogens (tertiary/aromatic N) is 2. The minimum atomic E-state index is -0.824. The van der Waals surface area contributed by atoms with E-state index in [-0.39, 0.29) is 12.1 Å². The monoisotopic (exact) mass is 404 g/mol. The quantitative estimate of drug-likeness (QED) is 0.640. The average Bonchev–Trinajstić information content (AvgIpc) is 3.22. The number of para-hydroxylation sites is 1. The Morgan fingerprint density at radius 1 is 1.13 bits per heavy atom. The third-order valence-electron chi connectivity index (χ3n) is 5.43. The Hall–Kier alpha value is -2.92. The Morgan fingerprint density at radius 2 is 1.83 bits per heavy atom. The van der Waals surface area contributed by atoms with Crippen molar-refractivity contribution in [2.24, 2.45) is 0 Å². The summed E-state index contributed by atoms with van der Waals surface area (Å²) in [6, 6.07) is 19.4. The minimum Gasteiger partial charge on any atom is -0.444 e. The lowest BCUT2D eigenvalue weighted by molar-refractivity contribution is 0.00512. The van der Waals surface area contributed by atoms with Gasteiger partial charge >= 0.3 is 6.09 Å². The summed E-state index contributed by atoms with van der Waals surface area (Å²) in [5.41, 5.74) is 2.85. The zero-order chi connectivity index (χ0) is 21.3. The van der Waals surface area contributed by atoms with Gasteiger partial charge in [0, 0.05) is 17.5 Å². The first kappa shape index (κ1) is 20.4. The molecule has 0 spiro atoms. The maximum Gasteiger partial charge on any atom is 0.410 e. The number of fused-ring (bicyclic) bond motifs is 1. The number of carbonyl (C=O) groups excluding carboxylic acids is 1. The molecule has 4 rings (SSSR count). The van der Waals surface area contributed by atoms with Crippen molar-refractivity contribution in [3.05, 3.63) is 66.2 Å². The SMILES string of the molecule is CC(C)(C)OC(=O)N1CCCC1C(O)c1cc(-c2ccccc2)nc2ccccc12. The molecule has 3 aromatic rings. The normalized spacial score (nSPS) is 17.9. The number of benzene rings is 2. The van der Waals surface area contributed by atoms with E-state index in [4.69, 9.17) is 9.72 Å². The van der Waals surface area contributed by atoms with Crippen molar-refractivity contribution in [1.29, 1.82) is 0 Å². The summed E-state index contributed by atoms with van der Waals surface area (Å²) in [5, 5.41) is 12.3. The van der Waals surface area contributed by atoms with Gasteiger partial charge in [-0.3, -0.25) is 0 Å². The summed E-state index contributed by atoms with van der Waals surface area (Å²) in [6.45, 7) is 6.16. The van der Waals surface area contributed by atoms with E-state index in [0.717, 1.165) is 40.6 Å². The van der Waals surface area contributed by atoms with Crippen molar-refractivity contribution in [1.82, 2.24) is 9.88 Å². The molecule has 0 saturated carbocycles. The molecule has 0 bridgehead atoms. The van der Waals surface area contributed by atoms with Crippen LogP contribution in [0.25, 0.3) is 22.2 Å². The Morgan fingerprint density at radius 3 is 2.57 bits per heavy atom. The number of hydrogen-bond donors (Lipinski definition) is 1. The van der Waals surface area contributed by atoms with Gasteiger partial charge in [-0.15, -0.1) is 0 Å². The highest BCUT2D eigenvalue weighted by molar-refractivity contribution is 5.85. The van der Waals surface area contributed by atoms with E-state index < -0.39 is 11.7 Å². The van der Waals surface area contributed by atoms with Crippen LogP contribution < -0.4 is 0 Å². The van der Waals surface area contributed by atoms with Crippen LogP contribution >= 0.6 is 0 Å². The molecule has 156 valence electrons. The molecule has 0 radical (unpaired) electrons. The second-order valence-corrected chi connectivity index (χ2v) is 8.81. The Bertz CT molecular complexity index is 1040.